The minimum atomic E-state index is -1.11. The van der Waals surface area contributed by atoms with Crippen molar-refractivity contribution in [3.05, 3.63) is 40.5 Å². The Balaban J connectivity index is 1.49. The second kappa shape index (κ2) is 7.82. The summed E-state index contributed by atoms with van der Waals surface area (Å²) in [7, 11) is 0. The molecule has 1 aromatic carbocycles. The van der Waals surface area contributed by atoms with Crippen molar-refractivity contribution in [1.82, 2.24) is 20.0 Å². The molecule has 2 aromatic rings. The van der Waals surface area contributed by atoms with Gasteiger partial charge in [-0.15, -0.1) is 0 Å². The molecule has 1 aliphatic heterocycles. The van der Waals surface area contributed by atoms with E-state index in [0.29, 0.717) is 66.4 Å². The van der Waals surface area contributed by atoms with E-state index < -0.39 is 11.6 Å². The van der Waals surface area contributed by atoms with Crippen LogP contribution in [0.25, 0.3) is 11.3 Å². The van der Waals surface area contributed by atoms with Gasteiger partial charge in [-0.3, -0.25) is 9.48 Å². The fraction of sp³-hybridized carbons (Fsp3) is 0.500. The van der Waals surface area contributed by atoms with Crippen LogP contribution >= 0.6 is 11.6 Å². The first kappa shape index (κ1) is 21.6. The lowest BCUT2D eigenvalue weighted by atomic mass is 9.60. The quantitative estimate of drug-likeness (QED) is 0.731. The Morgan fingerprint density at radius 1 is 1.32 bits per heavy atom. The molecule has 1 saturated carbocycles. The zero-order valence-corrected chi connectivity index (χ0v) is 18.5. The number of nitrogens with one attached hydrogen (secondary N) is 1. The largest absolute Gasteiger partial charge is 0.365 e. The maximum Gasteiger partial charge on any atom is 0.317 e. The number of carbonyl (C=O) groups is 2. The summed E-state index contributed by atoms with van der Waals surface area (Å²) < 4.78 is 16.0. The lowest BCUT2D eigenvalue weighted by Gasteiger charge is -2.49. The molecular weight excluding hydrogens is 421 g/mol. The summed E-state index contributed by atoms with van der Waals surface area (Å²) in [4.78, 5) is 26.7. The number of nitrogens with zero attached hydrogens (tertiary/aromatic N) is 3. The Labute approximate surface area is 185 Å². The van der Waals surface area contributed by atoms with Gasteiger partial charge < -0.3 is 16.0 Å². The third-order valence-corrected chi connectivity index (χ3v) is 6.63. The molecule has 166 valence electrons. The van der Waals surface area contributed by atoms with Gasteiger partial charge in [0.25, 0.3) is 5.91 Å². The topological polar surface area (TPSA) is 93.2 Å². The number of rotatable bonds is 5. The van der Waals surface area contributed by atoms with E-state index in [9.17, 15) is 14.0 Å². The Morgan fingerprint density at radius 3 is 2.71 bits per heavy atom. The normalized spacial score (nSPS) is 25.0. The van der Waals surface area contributed by atoms with Crippen molar-refractivity contribution in [2.75, 3.05) is 13.1 Å². The molecule has 7 nitrogen and oxygen atoms in total. The van der Waals surface area contributed by atoms with Crippen LogP contribution < -0.4 is 11.1 Å². The van der Waals surface area contributed by atoms with E-state index in [0.717, 1.165) is 0 Å². The van der Waals surface area contributed by atoms with E-state index in [1.54, 1.807) is 27.8 Å². The summed E-state index contributed by atoms with van der Waals surface area (Å²) in [5.41, 5.74) is 6.42. The molecule has 0 spiro atoms. The molecule has 0 bridgehead atoms. The highest BCUT2D eigenvalue weighted by Crippen LogP contribution is 2.52. The van der Waals surface area contributed by atoms with Crippen LogP contribution in [-0.4, -0.2) is 45.4 Å². The second-order valence-corrected chi connectivity index (χ2v) is 9.45. The average Bonchev–Trinajstić information content (AvgIpc) is 3.10. The van der Waals surface area contributed by atoms with Crippen LogP contribution in [-0.2, 0) is 13.1 Å². The molecule has 0 atom stereocenters. The van der Waals surface area contributed by atoms with Crippen LogP contribution in [0.1, 0.15) is 49.2 Å². The van der Waals surface area contributed by atoms with Crippen molar-refractivity contribution in [3.8, 4) is 11.3 Å². The van der Waals surface area contributed by atoms with Crippen LogP contribution in [0.3, 0.4) is 0 Å². The zero-order chi connectivity index (χ0) is 22.4. The third-order valence-electron chi connectivity index (χ3n) is 6.40. The first-order valence-corrected chi connectivity index (χ1v) is 10.9. The number of primary amides is 1. The van der Waals surface area contributed by atoms with Gasteiger partial charge in [0.15, 0.2) is 0 Å². The molecule has 1 aromatic heterocycles. The van der Waals surface area contributed by atoms with E-state index in [-0.39, 0.29) is 18.0 Å². The first-order chi connectivity index (χ1) is 14.6. The Hall–Kier alpha value is -2.61. The number of nitrogens with two attached hydrogens (primary N) is 1. The van der Waals surface area contributed by atoms with E-state index in [4.69, 9.17) is 17.3 Å². The Bertz CT molecular complexity index is 1030. The highest BCUT2D eigenvalue weighted by Gasteiger charge is 2.51. The summed E-state index contributed by atoms with van der Waals surface area (Å²) in [6.45, 7) is 5.38. The van der Waals surface area contributed by atoms with Gasteiger partial charge in [0.2, 0.25) is 0 Å². The number of benzene rings is 1. The third kappa shape index (κ3) is 4.13. The minimum absolute atomic E-state index is 0.219. The molecule has 31 heavy (non-hydrogen) atoms. The average molecular weight is 448 g/mol. The van der Waals surface area contributed by atoms with Crippen molar-refractivity contribution < 1.29 is 14.0 Å². The predicted octanol–water partition coefficient (Wildman–Crippen LogP) is 3.75. The number of fused-ring (bicyclic) bond motifs is 1. The number of hydrogen-bond acceptors (Lipinski definition) is 3. The lowest BCUT2D eigenvalue weighted by Crippen LogP contribution is -2.54. The van der Waals surface area contributed by atoms with Gasteiger partial charge in [-0.25, -0.2) is 9.18 Å². The minimum Gasteiger partial charge on any atom is -0.365 e. The number of halogens is 2. The molecule has 0 unspecified atom stereocenters. The van der Waals surface area contributed by atoms with E-state index in [1.807, 2.05) is 19.9 Å². The lowest BCUT2D eigenvalue weighted by molar-refractivity contribution is -0.0569. The van der Waals surface area contributed by atoms with Gasteiger partial charge in [0, 0.05) is 23.7 Å². The van der Waals surface area contributed by atoms with E-state index in [2.05, 4.69) is 10.4 Å². The van der Waals surface area contributed by atoms with Crippen molar-refractivity contribution >= 4 is 23.5 Å². The molecule has 1 aliphatic carbocycles. The monoisotopic (exact) mass is 447 g/mol. The zero-order valence-electron chi connectivity index (χ0n) is 17.8. The number of urea groups is 1. The highest BCUT2D eigenvalue weighted by molar-refractivity contribution is 6.30. The van der Waals surface area contributed by atoms with Crippen LogP contribution in [0.15, 0.2) is 24.3 Å². The smallest absolute Gasteiger partial charge is 0.317 e. The molecule has 2 aliphatic rings. The van der Waals surface area contributed by atoms with E-state index in [1.165, 1.54) is 0 Å². The maximum absolute atomic E-state index is 14.3. The van der Waals surface area contributed by atoms with Crippen molar-refractivity contribution in [2.24, 2.45) is 11.1 Å². The molecule has 2 heterocycles. The summed E-state index contributed by atoms with van der Waals surface area (Å²) >= 11 is 6.10. The standard InChI is InChI=1S/C22H27ClFN5O2/c1-3-22(24)11-21(2,12-22)13-26-20(31)28-7-8-29-16(10-28)17(19(25)30)18(27-29)14-5-4-6-15(23)9-14/h4-6,9H,3,7-8,10-13H2,1-2H3,(H2,25,30)(H,26,31). The number of hydrogen-bond donors (Lipinski definition) is 2. The van der Waals surface area contributed by atoms with Gasteiger partial charge >= 0.3 is 6.03 Å². The molecular formula is C22H27ClFN5O2. The summed E-state index contributed by atoms with van der Waals surface area (Å²) in [5, 5.41) is 8.04. The van der Waals surface area contributed by atoms with Crippen LogP contribution in [0, 0.1) is 5.41 Å². The number of amides is 3. The summed E-state index contributed by atoms with van der Waals surface area (Å²) in [6, 6.07) is 6.84. The van der Waals surface area contributed by atoms with Crippen molar-refractivity contribution in [2.45, 2.75) is 51.9 Å². The fourth-order valence-corrected chi connectivity index (χ4v) is 5.03. The molecule has 0 saturated heterocycles. The van der Waals surface area contributed by atoms with Crippen LogP contribution in [0.5, 0.6) is 0 Å². The second-order valence-electron chi connectivity index (χ2n) is 9.02. The molecule has 3 N–H and O–H groups in total. The number of carbonyl (C=O) groups excluding carboxylic acids is 2. The summed E-state index contributed by atoms with van der Waals surface area (Å²) in [6.07, 6.45) is 1.41. The predicted molar refractivity (Wildman–Crippen MR) is 116 cm³/mol. The molecule has 3 amide bonds. The first-order valence-electron chi connectivity index (χ1n) is 10.5. The molecule has 9 heteroatoms. The van der Waals surface area contributed by atoms with Gasteiger partial charge in [0.05, 0.1) is 24.3 Å². The summed E-state index contributed by atoms with van der Waals surface area (Å²) in [5.74, 6) is -0.598. The SMILES string of the molecule is CCC1(F)CC(C)(CNC(=O)N2CCn3nc(-c4cccc(Cl)c4)c(C(N)=O)c3C2)C1. The van der Waals surface area contributed by atoms with Gasteiger partial charge in [-0.1, -0.05) is 37.6 Å². The van der Waals surface area contributed by atoms with E-state index >= 15 is 0 Å². The molecule has 0 radical (unpaired) electrons. The number of alkyl halides is 1. The highest BCUT2D eigenvalue weighted by atomic mass is 35.5. The number of aromatic nitrogens is 2. The maximum atomic E-state index is 14.3. The Morgan fingerprint density at radius 2 is 2.06 bits per heavy atom. The van der Waals surface area contributed by atoms with Gasteiger partial charge in [0.1, 0.15) is 11.4 Å². The van der Waals surface area contributed by atoms with Crippen LogP contribution in [0.4, 0.5) is 9.18 Å². The molecule has 1 fully saturated rings. The van der Waals surface area contributed by atoms with Crippen LogP contribution in [0.2, 0.25) is 5.02 Å². The van der Waals surface area contributed by atoms with Crippen molar-refractivity contribution in [1.29, 1.82) is 0 Å². The van der Waals surface area contributed by atoms with Gasteiger partial charge in [-0.05, 0) is 36.8 Å². The fourth-order valence-electron chi connectivity index (χ4n) is 4.84. The van der Waals surface area contributed by atoms with Gasteiger partial charge in [-0.2, -0.15) is 5.10 Å². The Kier molecular flexibility index (Phi) is 5.45. The van der Waals surface area contributed by atoms with Crippen molar-refractivity contribution in [3.63, 3.8) is 0 Å². The molecule has 4 rings (SSSR count).